The molecular formula is C39H37F3N4O2. The molecule has 1 N–H and O–H groups in total. The molecule has 2 amide bonds. The maximum absolute atomic E-state index is 14.5. The van der Waals surface area contributed by atoms with Crippen LogP contribution in [0.25, 0.3) is 17.0 Å². The molecule has 0 unspecified atom stereocenters. The molecular weight excluding hydrogens is 613 g/mol. The van der Waals surface area contributed by atoms with E-state index in [1.807, 2.05) is 83.9 Å². The number of hydrogen-bond donors (Lipinski definition) is 1. The lowest BCUT2D eigenvalue weighted by Gasteiger charge is -2.39. The Bertz CT molecular complexity index is 1850. The average molecular weight is 651 g/mol. The van der Waals surface area contributed by atoms with Crippen LogP contribution in [0.2, 0.25) is 0 Å². The summed E-state index contributed by atoms with van der Waals surface area (Å²) in [5, 5.41) is 0.987. The number of piperazine rings is 1. The molecule has 2 heterocycles. The summed E-state index contributed by atoms with van der Waals surface area (Å²) in [5.41, 5.74) is 3.65. The fourth-order valence-corrected chi connectivity index (χ4v) is 6.13. The number of nitrogens with zero attached hydrogens (tertiary/aromatic N) is 3. The van der Waals surface area contributed by atoms with Gasteiger partial charge in [0.2, 0.25) is 11.8 Å². The number of aromatic amines is 1. The lowest BCUT2D eigenvalue weighted by Crippen LogP contribution is -2.56. The van der Waals surface area contributed by atoms with Gasteiger partial charge in [-0.1, -0.05) is 78.9 Å². The number of aromatic nitrogens is 1. The van der Waals surface area contributed by atoms with Crippen molar-refractivity contribution in [1.29, 1.82) is 0 Å². The monoisotopic (exact) mass is 650 g/mol. The van der Waals surface area contributed by atoms with E-state index in [9.17, 15) is 22.8 Å². The van der Waals surface area contributed by atoms with Crippen molar-refractivity contribution in [3.05, 3.63) is 149 Å². The standard InChI is InChI=1S/C39H37F3N4O2/c40-39(41,42)34-15-11-29(12-16-34)14-18-37(47)46(28-32-13-17-35-33(25-32)19-20-43-35)36(26-30-7-3-1-4-8-30)38(48)45-23-21-44(22-24-45)27-31-9-5-2-6-10-31/h1-20,25,36,43H,21-24,26-28H2/t36-/m0/s1. The Labute approximate surface area is 278 Å². The molecule has 1 aliphatic rings. The van der Waals surface area contributed by atoms with Gasteiger partial charge < -0.3 is 14.8 Å². The minimum absolute atomic E-state index is 0.128. The van der Waals surface area contributed by atoms with E-state index in [0.717, 1.165) is 40.7 Å². The highest BCUT2D eigenvalue weighted by molar-refractivity contribution is 5.96. The summed E-state index contributed by atoms with van der Waals surface area (Å²) in [6, 6.07) is 31.6. The number of H-pyrrole nitrogens is 1. The number of fused-ring (bicyclic) bond motifs is 1. The Balaban J connectivity index is 1.28. The maximum Gasteiger partial charge on any atom is 0.416 e. The predicted molar refractivity (Wildman–Crippen MR) is 182 cm³/mol. The van der Waals surface area contributed by atoms with Gasteiger partial charge in [0.25, 0.3) is 0 Å². The molecule has 0 saturated carbocycles. The molecule has 5 aromatic rings. The maximum atomic E-state index is 14.5. The molecule has 4 aromatic carbocycles. The van der Waals surface area contributed by atoms with Gasteiger partial charge in [-0.3, -0.25) is 14.5 Å². The third-order valence-corrected chi connectivity index (χ3v) is 8.78. The first-order chi connectivity index (χ1) is 23.2. The molecule has 0 aliphatic carbocycles. The normalized spacial score (nSPS) is 14.8. The minimum Gasteiger partial charge on any atom is -0.361 e. The van der Waals surface area contributed by atoms with E-state index in [-0.39, 0.29) is 12.5 Å². The Morgan fingerprint density at radius 2 is 1.46 bits per heavy atom. The number of amides is 2. The number of nitrogens with one attached hydrogen (secondary N) is 1. The van der Waals surface area contributed by atoms with E-state index < -0.39 is 23.7 Å². The number of benzene rings is 4. The number of alkyl halides is 3. The lowest BCUT2D eigenvalue weighted by molar-refractivity contribution is -0.145. The van der Waals surface area contributed by atoms with Crippen molar-refractivity contribution in [1.82, 2.24) is 19.7 Å². The van der Waals surface area contributed by atoms with E-state index in [0.29, 0.717) is 38.2 Å². The van der Waals surface area contributed by atoms with Crippen LogP contribution in [0.1, 0.15) is 27.8 Å². The van der Waals surface area contributed by atoms with Gasteiger partial charge in [0.1, 0.15) is 6.04 Å². The van der Waals surface area contributed by atoms with E-state index >= 15 is 0 Å². The molecule has 6 nitrogen and oxygen atoms in total. The van der Waals surface area contributed by atoms with Gasteiger partial charge in [-0.15, -0.1) is 0 Å². The highest BCUT2D eigenvalue weighted by Crippen LogP contribution is 2.29. The van der Waals surface area contributed by atoms with Gasteiger partial charge in [-0.05, 0) is 64.0 Å². The second-order valence-electron chi connectivity index (χ2n) is 12.1. The zero-order valence-electron chi connectivity index (χ0n) is 26.4. The molecule has 246 valence electrons. The molecule has 1 aliphatic heterocycles. The second kappa shape index (κ2) is 14.7. The topological polar surface area (TPSA) is 59.7 Å². The van der Waals surface area contributed by atoms with Crippen LogP contribution >= 0.6 is 0 Å². The summed E-state index contributed by atoms with van der Waals surface area (Å²) >= 11 is 0. The van der Waals surface area contributed by atoms with E-state index in [4.69, 9.17) is 0 Å². The van der Waals surface area contributed by atoms with Crippen LogP contribution in [-0.4, -0.2) is 63.7 Å². The van der Waals surface area contributed by atoms with E-state index in [1.165, 1.54) is 29.8 Å². The highest BCUT2D eigenvalue weighted by Gasteiger charge is 2.34. The molecule has 9 heteroatoms. The zero-order valence-corrected chi connectivity index (χ0v) is 26.4. The summed E-state index contributed by atoms with van der Waals surface area (Å²) in [5.74, 6) is -0.529. The lowest BCUT2D eigenvalue weighted by atomic mass is 10.0. The van der Waals surface area contributed by atoms with Crippen LogP contribution in [0.15, 0.2) is 121 Å². The summed E-state index contributed by atoms with van der Waals surface area (Å²) < 4.78 is 39.4. The smallest absolute Gasteiger partial charge is 0.361 e. The molecule has 1 atom stereocenters. The number of carbonyl (C=O) groups is 2. The van der Waals surface area contributed by atoms with Crippen LogP contribution < -0.4 is 0 Å². The third-order valence-electron chi connectivity index (χ3n) is 8.78. The summed E-state index contributed by atoms with van der Waals surface area (Å²) in [4.78, 5) is 37.5. The van der Waals surface area contributed by atoms with Crippen molar-refractivity contribution >= 4 is 28.8 Å². The quantitative estimate of drug-likeness (QED) is 0.163. The predicted octanol–water partition coefficient (Wildman–Crippen LogP) is 7.18. The van der Waals surface area contributed by atoms with E-state index in [2.05, 4.69) is 22.0 Å². The van der Waals surface area contributed by atoms with Gasteiger partial charge in [-0.2, -0.15) is 13.2 Å². The third kappa shape index (κ3) is 8.22. The largest absolute Gasteiger partial charge is 0.416 e. The number of hydrogen-bond acceptors (Lipinski definition) is 3. The van der Waals surface area contributed by atoms with Gasteiger partial charge >= 0.3 is 6.18 Å². The van der Waals surface area contributed by atoms with Crippen molar-refractivity contribution in [2.75, 3.05) is 26.2 Å². The Morgan fingerprint density at radius 1 is 0.792 bits per heavy atom. The van der Waals surface area contributed by atoms with Crippen molar-refractivity contribution in [2.24, 2.45) is 0 Å². The van der Waals surface area contributed by atoms with Crippen LogP contribution in [0, 0.1) is 0 Å². The molecule has 1 aromatic heterocycles. The minimum atomic E-state index is -4.45. The van der Waals surface area contributed by atoms with Gasteiger partial charge in [0, 0.05) is 63.5 Å². The van der Waals surface area contributed by atoms with Gasteiger partial charge in [0.05, 0.1) is 5.56 Å². The van der Waals surface area contributed by atoms with Crippen molar-refractivity contribution < 1.29 is 22.8 Å². The van der Waals surface area contributed by atoms with Crippen molar-refractivity contribution in [3.63, 3.8) is 0 Å². The molecule has 0 spiro atoms. The summed E-state index contributed by atoms with van der Waals surface area (Å²) in [6.45, 7) is 3.48. The average Bonchev–Trinajstić information content (AvgIpc) is 3.58. The van der Waals surface area contributed by atoms with Crippen molar-refractivity contribution in [2.45, 2.75) is 31.7 Å². The first kappa shape index (κ1) is 32.8. The fraction of sp³-hybridized carbons (Fsp3) is 0.231. The SMILES string of the molecule is O=C([C@H](Cc1ccccc1)N(Cc1ccc2[nH]ccc2c1)C(=O)C=Cc1ccc(C(F)(F)F)cc1)N1CCN(Cc2ccccc2)CC1. The number of rotatable bonds is 10. The molecule has 0 bridgehead atoms. The van der Waals surface area contributed by atoms with Crippen LogP contribution in [0.3, 0.4) is 0 Å². The molecule has 1 fully saturated rings. The van der Waals surface area contributed by atoms with Crippen LogP contribution in [0.5, 0.6) is 0 Å². The Hall–Kier alpha value is -5.15. The number of carbonyl (C=O) groups excluding carboxylic acids is 2. The first-order valence-electron chi connectivity index (χ1n) is 16.0. The molecule has 0 radical (unpaired) electrons. The highest BCUT2D eigenvalue weighted by atomic mass is 19.4. The Morgan fingerprint density at radius 3 is 2.12 bits per heavy atom. The molecule has 6 rings (SSSR count). The molecule has 1 saturated heterocycles. The van der Waals surface area contributed by atoms with Gasteiger partial charge in [0.15, 0.2) is 0 Å². The second-order valence-corrected chi connectivity index (χ2v) is 12.1. The van der Waals surface area contributed by atoms with Gasteiger partial charge in [-0.25, -0.2) is 0 Å². The summed E-state index contributed by atoms with van der Waals surface area (Å²) in [7, 11) is 0. The van der Waals surface area contributed by atoms with Crippen molar-refractivity contribution in [3.8, 4) is 0 Å². The fourth-order valence-electron chi connectivity index (χ4n) is 6.13. The zero-order chi connectivity index (χ0) is 33.5. The van der Waals surface area contributed by atoms with E-state index in [1.54, 1.807) is 4.90 Å². The van der Waals surface area contributed by atoms with Crippen LogP contribution in [-0.2, 0) is 35.3 Å². The molecule has 48 heavy (non-hydrogen) atoms. The summed E-state index contributed by atoms with van der Waals surface area (Å²) in [6.07, 6.45) is 0.560. The first-order valence-corrected chi connectivity index (χ1v) is 16.0. The Kier molecular flexibility index (Phi) is 10.1. The number of halogens is 3. The van der Waals surface area contributed by atoms with Crippen LogP contribution in [0.4, 0.5) is 13.2 Å².